The van der Waals surface area contributed by atoms with Gasteiger partial charge in [0.25, 0.3) is 10.1 Å². The SMILES string of the molecule is CS(=O)(=O)O.ClCCl.F. The van der Waals surface area contributed by atoms with Crippen molar-refractivity contribution in [2.75, 3.05) is 11.6 Å². The Morgan fingerprint density at radius 2 is 1.44 bits per heavy atom. The molecule has 1 N–H and O–H groups in total. The largest absolute Gasteiger partial charge is 0.286 e. The van der Waals surface area contributed by atoms with E-state index in [-0.39, 0.29) is 10.0 Å². The standard InChI is InChI=1S/CH2Cl2.CH4O3S.FH/c2-1-3;1-5(2,3)4;/h1H2;1H3,(H,2,3,4);1H. The Balaban J connectivity index is -0.0000000800. The Hall–Kier alpha value is 0.420. The molecule has 0 fully saturated rings. The Bertz CT molecular complexity index is 114. The van der Waals surface area contributed by atoms with Crippen molar-refractivity contribution in [1.29, 1.82) is 0 Å². The van der Waals surface area contributed by atoms with Crippen LogP contribution in [0.15, 0.2) is 0 Å². The lowest BCUT2D eigenvalue weighted by atomic mass is 11.9. The summed E-state index contributed by atoms with van der Waals surface area (Å²) in [5.74, 6) is 0. The van der Waals surface area contributed by atoms with E-state index in [4.69, 9.17) is 27.8 Å². The van der Waals surface area contributed by atoms with E-state index in [2.05, 4.69) is 0 Å². The average molecular weight is 201 g/mol. The van der Waals surface area contributed by atoms with Gasteiger partial charge >= 0.3 is 0 Å². The van der Waals surface area contributed by atoms with E-state index in [1.54, 1.807) is 0 Å². The molecule has 0 aromatic heterocycles. The predicted molar refractivity (Wildman–Crippen MR) is 36.5 cm³/mol. The Morgan fingerprint density at radius 3 is 1.44 bits per heavy atom. The van der Waals surface area contributed by atoms with Gasteiger partial charge in [0.05, 0.1) is 11.6 Å². The molecule has 0 aromatic carbocycles. The van der Waals surface area contributed by atoms with Gasteiger partial charge in [-0.3, -0.25) is 9.26 Å². The van der Waals surface area contributed by atoms with Crippen LogP contribution in [0.4, 0.5) is 4.70 Å². The molecule has 0 amide bonds. The third-order valence-electron chi connectivity index (χ3n) is 0. The van der Waals surface area contributed by atoms with Crippen LogP contribution in [0.1, 0.15) is 0 Å². The molecule has 0 aromatic rings. The van der Waals surface area contributed by atoms with Crippen LogP contribution < -0.4 is 0 Å². The first-order valence-corrected chi connectivity index (χ1v) is 4.38. The minimum Gasteiger partial charge on any atom is -0.286 e. The van der Waals surface area contributed by atoms with Gasteiger partial charge in [-0.15, -0.1) is 23.2 Å². The van der Waals surface area contributed by atoms with Crippen molar-refractivity contribution in [2.45, 2.75) is 0 Å². The van der Waals surface area contributed by atoms with Crippen molar-refractivity contribution in [1.82, 2.24) is 0 Å². The highest BCUT2D eigenvalue weighted by atomic mass is 35.5. The lowest BCUT2D eigenvalue weighted by molar-refractivity contribution is 0.490. The minimum atomic E-state index is -3.67. The minimum absolute atomic E-state index is 0. The lowest BCUT2D eigenvalue weighted by Gasteiger charge is -1.69. The van der Waals surface area contributed by atoms with E-state index in [9.17, 15) is 8.42 Å². The second kappa shape index (κ2) is 8.42. The van der Waals surface area contributed by atoms with Gasteiger partial charge in [0.2, 0.25) is 0 Å². The highest BCUT2D eigenvalue weighted by Gasteiger charge is 1.81. The van der Waals surface area contributed by atoms with Crippen molar-refractivity contribution in [3.63, 3.8) is 0 Å². The van der Waals surface area contributed by atoms with Crippen LogP contribution in [0.25, 0.3) is 0 Å². The Morgan fingerprint density at radius 1 is 1.44 bits per heavy atom. The number of hydrogen-bond acceptors (Lipinski definition) is 2. The summed E-state index contributed by atoms with van der Waals surface area (Å²) in [7, 11) is -3.67. The predicted octanol–water partition coefficient (Wildman–Crippen LogP) is 1.08. The number of hydrogen-bond donors (Lipinski definition) is 1. The summed E-state index contributed by atoms with van der Waals surface area (Å²) in [6, 6.07) is 0. The van der Waals surface area contributed by atoms with Crippen molar-refractivity contribution in [3.8, 4) is 0 Å². The topological polar surface area (TPSA) is 54.4 Å². The molecule has 0 rings (SSSR count). The third-order valence-corrected chi connectivity index (χ3v) is 0. The van der Waals surface area contributed by atoms with Crippen LogP contribution >= 0.6 is 23.2 Å². The van der Waals surface area contributed by atoms with E-state index in [1.807, 2.05) is 0 Å². The molecule has 0 saturated carbocycles. The first kappa shape index (κ1) is 16.2. The molecule has 0 radical (unpaired) electrons. The molecule has 0 aliphatic carbocycles. The molecule has 9 heavy (non-hydrogen) atoms. The molecular weight excluding hydrogens is 194 g/mol. The molecule has 0 heterocycles. The fourth-order valence-corrected chi connectivity index (χ4v) is 0. The van der Waals surface area contributed by atoms with Gasteiger partial charge < -0.3 is 0 Å². The molecule has 60 valence electrons. The van der Waals surface area contributed by atoms with Gasteiger partial charge in [-0.25, -0.2) is 0 Å². The van der Waals surface area contributed by atoms with Crippen LogP contribution in [0, 0.1) is 0 Å². The van der Waals surface area contributed by atoms with Crippen LogP contribution in [0.3, 0.4) is 0 Å². The first-order valence-electron chi connectivity index (χ1n) is 1.46. The molecule has 0 bridgehead atoms. The zero-order chi connectivity index (χ0) is 7.21. The number of rotatable bonds is 0. The van der Waals surface area contributed by atoms with Gasteiger partial charge in [-0.2, -0.15) is 8.42 Å². The summed E-state index contributed by atoms with van der Waals surface area (Å²) in [6.07, 6.45) is 0.715. The summed E-state index contributed by atoms with van der Waals surface area (Å²) in [5, 5.41) is 0.194. The monoisotopic (exact) mass is 200 g/mol. The molecule has 0 unspecified atom stereocenters. The van der Waals surface area contributed by atoms with Gasteiger partial charge in [-0.1, -0.05) is 0 Å². The summed E-state index contributed by atoms with van der Waals surface area (Å²) < 4.78 is 25.9. The van der Waals surface area contributed by atoms with Crippen LogP contribution in [0.2, 0.25) is 0 Å². The van der Waals surface area contributed by atoms with Gasteiger partial charge in [0, 0.05) is 0 Å². The lowest BCUT2D eigenvalue weighted by Crippen LogP contribution is -1.88. The summed E-state index contributed by atoms with van der Waals surface area (Å²) in [6.45, 7) is 0. The van der Waals surface area contributed by atoms with Gasteiger partial charge in [0.15, 0.2) is 0 Å². The van der Waals surface area contributed by atoms with Crippen molar-refractivity contribution in [2.24, 2.45) is 0 Å². The molecule has 0 saturated heterocycles. The smallest absolute Gasteiger partial charge is 0.261 e. The second-order valence-electron chi connectivity index (χ2n) is 0.834. The first-order chi connectivity index (χ1) is 3.41. The number of halogens is 3. The van der Waals surface area contributed by atoms with E-state index in [1.165, 1.54) is 0 Å². The highest BCUT2D eigenvalue weighted by molar-refractivity contribution is 7.85. The second-order valence-corrected chi connectivity index (χ2v) is 3.11. The molecule has 0 aliphatic rings. The Labute approximate surface area is 63.1 Å². The summed E-state index contributed by atoms with van der Waals surface area (Å²) in [5.41, 5.74) is 0. The van der Waals surface area contributed by atoms with Crippen molar-refractivity contribution in [3.05, 3.63) is 0 Å². The fraction of sp³-hybridized carbons (Fsp3) is 1.00. The molecule has 0 spiro atoms. The molecule has 7 heteroatoms. The quantitative estimate of drug-likeness (QED) is 0.471. The van der Waals surface area contributed by atoms with Crippen LogP contribution in [-0.4, -0.2) is 24.6 Å². The maximum absolute atomic E-state index is 9.19. The van der Waals surface area contributed by atoms with Crippen molar-refractivity contribution >= 4 is 33.3 Å². The van der Waals surface area contributed by atoms with Crippen LogP contribution in [-0.2, 0) is 10.1 Å². The van der Waals surface area contributed by atoms with Gasteiger partial charge in [-0.05, 0) is 0 Å². The highest BCUT2D eigenvalue weighted by Crippen LogP contribution is 1.73. The molecule has 0 atom stereocenters. The van der Waals surface area contributed by atoms with E-state index in [0.29, 0.717) is 6.26 Å². The van der Waals surface area contributed by atoms with E-state index in [0.717, 1.165) is 0 Å². The maximum atomic E-state index is 9.19. The third kappa shape index (κ3) is 1970. The average Bonchev–Trinajstić information content (AvgIpc) is 1.27. The van der Waals surface area contributed by atoms with Crippen LogP contribution in [0.5, 0.6) is 0 Å². The normalized spacial score (nSPS) is 8.44. The summed E-state index contributed by atoms with van der Waals surface area (Å²) in [4.78, 5) is 0. The van der Waals surface area contributed by atoms with Gasteiger partial charge in [0.1, 0.15) is 0 Å². The number of alkyl halides is 2. The van der Waals surface area contributed by atoms with E-state index < -0.39 is 10.1 Å². The summed E-state index contributed by atoms with van der Waals surface area (Å²) >= 11 is 9.53. The molecule has 3 nitrogen and oxygen atoms in total. The van der Waals surface area contributed by atoms with E-state index >= 15 is 0 Å². The molecular formula is C2H7Cl2FO3S. The fourth-order valence-electron chi connectivity index (χ4n) is 0. The molecule has 0 aliphatic heterocycles. The maximum Gasteiger partial charge on any atom is 0.261 e. The van der Waals surface area contributed by atoms with Crippen molar-refractivity contribution < 1.29 is 17.7 Å². The zero-order valence-corrected chi connectivity index (χ0v) is 6.87. The Kier molecular flexibility index (Phi) is 15.2. The zero-order valence-electron chi connectivity index (χ0n) is 4.54.